The standard InChI is InChI=1S/C21H20Cl2N2O2/c1-15(7-10-18-11-9-17(22)14-24-18)25-21(26)6-4-3-5-16-8-12-19(27-2)13-20(16)23/h3-15H,1-2H3,(H,25,26)/b5-3+,6-4+,10-7-/t15-/m1/s1. The number of hydrogen-bond donors (Lipinski definition) is 1. The minimum atomic E-state index is -0.193. The molecule has 1 N–H and O–H groups in total. The number of amides is 1. The zero-order chi connectivity index (χ0) is 19.6. The van der Waals surface area contributed by atoms with Gasteiger partial charge in [-0.1, -0.05) is 47.5 Å². The first-order chi connectivity index (χ1) is 13.0. The second-order valence-electron chi connectivity index (χ2n) is 5.66. The molecule has 4 nitrogen and oxygen atoms in total. The van der Waals surface area contributed by atoms with Crippen molar-refractivity contribution in [1.82, 2.24) is 10.3 Å². The second-order valence-corrected chi connectivity index (χ2v) is 6.51. The minimum Gasteiger partial charge on any atom is -0.497 e. The summed E-state index contributed by atoms with van der Waals surface area (Å²) >= 11 is 12.0. The molecule has 0 saturated heterocycles. The van der Waals surface area contributed by atoms with E-state index in [1.807, 2.05) is 43.4 Å². The molecule has 0 bridgehead atoms. The number of aromatic nitrogens is 1. The first kappa shape index (κ1) is 20.7. The van der Waals surface area contributed by atoms with Crippen LogP contribution in [0.3, 0.4) is 0 Å². The molecule has 1 heterocycles. The van der Waals surface area contributed by atoms with E-state index in [1.165, 1.54) is 6.08 Å². The highest BCUT2D eigenvalue weighted by atomic mass is 35.5. The summed E-state index contributed by atoms with van der Waals surface area (Å²) in [5, 5.41) is 4.01. The number of carbonyl (C=O) groups is 1. The predicted molar refractivity (Wildman–Crippen MR) is 112 cm³/mol. The molecule has 1 amide bonds. The van der Waals surface area contributed by atoms with Crippen LogP contribution in [0.1, 0.15) is 18.2 Å². The highest BCUT2D eigenvalue weighted by Gasteiger charge is 2.01. The minimum absolute atomic E-state index is 0.139. The Morgan fingerprint density at radius 3 is 2.67 bits per heavy atom. The molecule has 140 valence electrons. The fourth-order valence-corrected chi connectivity index (χ4v) is 2.47. The van der Waals surface area contributed by atoms with Crippen LogP contribution in [-0.4, -0.2) is 24.0 Å². The summed E-state index contributed by atoms with van der Waals surface area (Å²) in [7, 11) is 1.59. The molecule has 0 radical (unpaired) electrons. The molecule has 1 atom stereocenters. The van der Waals surface area contributed by atoms with Gasteiger partial charge < -0.3 is 10.1 Å². The molecular formula is C21H20Cl2N2O2. The summed E-state index contributed by atoms with van der Waals surface area (Å²) in [4.78, 5) is 16.1. The molecule has 2 rings (SSSR count). The van der Waals surface area contributed by atoms with Crippen molar-refractivity contribution in [3.8, 4) is 5.75 Å². The van der Waals surface area contributed by atoms with E-state index in [1.54, 1.807) is 37.6 Å². The summed E-state index contributed by atoms with van der Waals surface area (Å²) in [6.07, 6.45) is 12.0. The number of nitrogens with zero attached hydrogens (tertiary/aromatic N) is 1. The Morgan fingerprint density at radius 2 is 2.00 bits per heavy atom. The monoisotopic (exact) mass is 402 g/mol. The molecule has 0 aliphatic heterocycles. The third kappa shape index (κ3) is 7.29. The summed E-state index contributed by atoms with van der Waals surface area (Å²) < 4.78 is 5.11. The van der Waals surface area contributed by atoms with Gasteiger partial charge in [-0.05, 0) is 48.9 Å². The largest absolute Gasteiger partial charge is 0.497 e. The summed E-state index contributed by atoms with van der Waals surface area (Å²) in [6.45, 7) is 1.88. The molecule has 27 heavy (non-hydrogen) atoms. The Balaban J connectivity index is 1.84. The quantitative estimate of drug-likeness (QED) is 0.512. The third-order valence-electron chi connectivity index (χ3n) is 3.52. The third-order valence-corrected chi connectivity index (χ3v) is 4.07. The van der Waals surface area contributed by atoms with E-state index in [0.717, 1.165) is 11.3 Å². The van der Waals surface area contributed by atoms with Gasteiger partial charge in [0.2, 0.25) is 5.91 Å². The maximum atomic E-state index is 11.9. The van der Waals surface area contributed by atoms with Crippen molar-refractivity contribution < 1.29 is 9.53 Å². The molecule has 0 aliphatic rings. The van der Waals surface area contributed by atoms with Crippen molar-refractivity contribution >= 4 is 41.3 Å². The Kier molecular flexibility index (Phi) is 8.11. The van der Waals surface area contributed by atoms with Gasteiger partial charge in [-0.25, -0.2) is 0 Å². The first-order valence-corrected chi connectivity index (χ1v) is 9.02. The van der Waals surface area contributed by atoms with Crippen LogP contribution in [0.2, 0.25) is 10.0 Å². The van der Waals surface area contributed by atoms with E-state index in [0.29, 0.717) is 15.8 Å². The number of allylic oxidation sites excluding steroid dienone is 2. The lowest BCUT2D eigenvalue weighted by Gasteiger charge is -2.06. The molecule has 0 unspecified atom stereocenters. The van der Waals surface area contributed by atoms with Crippen LogP contribution in [0.4, 0.5) is 0 Å². The zero-order valence-corrected chi connectivity index (χ0v) is 16.5. The zero-order valence-electron chi connectivity index (χ0n) is 15.0. The Morgan fingerprint density at radius 1 is 1.19 bits per heavy atom. The molecule has 1 aromatic heterocycles. The van der Waals surface area contributed by atoms with E-state index in [4.69, 9.17) is 27.9 Å². The highest BCUT2D eigenvalue weighted by Crippen LogP contribution is 2.23. The maximum Gasteiger partial charge on any atom is 0.244 e. The average molecular weight is 403 g/mol. The molecular weight excluding hydrogens is 383 g/mol. The van der Waals surface area contributed by atoms with E-state index >= 15 is 0 Å². The van der Waals surface area contributed by atoms with Crippen molar-refractivity contribution in [2.45, 2.75) is 13.0 Å². The number of pyridine rings is 1. The SMILES string of the molecule is COc1ccc(/C=C/C=C/C(=O)N[C@H](C)/C=C\c2ccc(Cl)cn2)c(Cl)c1. The number of benzene rings is 1. The van der Waals surface area contributed by atoms with Crippen molar-refractivity contribution in [3.63, 3.8) is 0 Å². The van der Waals surface area contributed by atoms with Crippen LogP contribution in [0, 0.1) is 0 Å². The van der Waals surface area contributed by atoms with Gasteiger partial charge in [0.15, 0.2) is 0 Å². The molecule has 1 aromatic carbocycles. The molecule has 0 spiro atoms. The summed E-state index contributed by atoms with van der Waals surface area (Å²) in [5.74, 6) is 0.504. The predicted octanol–water partition coefficient (Wildman–Crippen LogP) is 5.18. The van der Waals surface area contributed by atoms with Gasteiger partial charge in [0.05, 0.1) is 22.8 Å². The van der Waals surface area contributed by atoms with Crippen molar-refractivity contribution in [3.05, 3.63) is 82.1 Å². The lowest BCUT2D eigenvalue weighted by atomic mass is 10.2. The molecule has 0 saturated carbocycles. The maximum absolute atomic E-state index is 11.9. The molecule has 2 aromatic rings. The number of methoxy groups -OCH3 is 1. The van der Waals surface area contributed by atoms with Gasteiger partial charge in [0.1, 0.15) is 5.75 Å². The Bertz CT molecular complexity index is 859. The molecule has 6 heteroatoms. The van der Waals surface area contributed by atoms with Gasteiger partial charge in [-0.2, -0.15) is 0 Å². The van der Waals surface area contributed by atoms with Crippen molar-refractivity contribution in [2.24, 2.45) is 0 Å². The van der Waals surface area contributed by atoms with Gasteiger partial charge in [0.25, 0.3) is 0 Å². The van der Waals surface area contributed by atoms with E-state index in [2.05, 4.69) is 10.3 Å². The van der Waals surface area contributed by atoms with Crippen LogP contribution in [0.25, 0.3) is 12.2 Å². The van der Waals surface area contributed by atoms with Crippen molar-refractivity contribution in [1.29, 1.82) is 0 Å². The van der Waals surface area contributed by atoms with Gasteiger partial charge in [0, 0.05) is 18.3 Å². The topological polar surface area (TPSA) is 51.2 Å². The van der Waals surface area contributed by atoms with Crippen LogP contribution < -0.4 is 10.1 Å². The Labute approximate surface area is 169 Å². The summed E-state index contributed by atoms with van der Waals surface area (Å²) in [5.41, 5.74) is 1.62. The number of halogens is 2. The lowest BCUT2D eigenvalue weighted by Crippen LogP contribution is -2.29. The number of ether oxygens (including phenoxy) is 1. The average Bonchev–Trinajstić information content (AvgIpc) is 2.65. The fraction of sp³-hybridized carbons (Fsp3) is 0.143. The summed E-state index contributed by atoms with van der Waals surface area (Å²) in [6, 6.07) is 8.85. The van der Waals surface area contributed by atoms with Gasteiger partial charge in [-0.3, -0.25) is 9.78 Å². The van der Waals surface area contributed by atoms with E-state index < -0.39 is 0 Å². The molecule has 0 aliphatic carbocycles. The van der Waals surface area contributed by atoms with Crippen LogP contribution in [0.15, 0.2) is 60.8 Å². The number of hydrogen-bond acceptors (Lipinski definition) is 3. The van der Waals surface area contributed by atoms with Crippen LogP contribution in [0.5, 0.6) is 5.75 Å². The lowest BCUT2D eigenvalue weighted by molar-refractivity contribution is -0.116. The normalized spacial score (nSPS) is 12.7. The smallest absolute Gasteiger partial charge is 0.244 e. The first-order valence-electron chi connectivity index (χ1n) is 8.26. The number of nitrogens with one attached hydrogen (secondary N) is 1. The van der Waals surface area contributed by atoms with E-state index in [9.17, 15) is 4.79 Å². The Hall–Kier alpha value is -2.56. The number of rotatable bonds is 7. The molecule has 0 fully saturated rings. The number of carbonyl (C=O) groups excluding carboxylic acids is 1. The van der Waals surface area contributed by atoms with Crippen LogP contribution >= 0.6 is 23.2 Å². The van der Waals surface area contributed by atoms with Gasteiger partial charge >= 0.3 is 0 Å². The van der Waals surface area contributed by atoms with E-state index in [-0.39, 0.29) is 11.9 Å². The van der Waals surface area contributed by atoms with Crippen molar-refractivity contribution in [2.75, 3.05) is 7.11 Å². The van der Waals surface area contributed by atoms with Gasteiger partial charge in [-0.15, -0.1) is 0 Å². The van der Waals surface area contributed by atoms with Crippen LogP contribution in [-0.2, 0) is 4.79 Å². The fourth-order valence-electron chi connectivity index (χ4n) is 2.12. The second kappa shape index (κ2) is 10.6. The highest BCUT2D eigenvalue weighted by molar-refractivity contribution is 6.32.